The number of carbonyl (C=O) groups excluding carboxylic acids is 1. The van der Waals surface area contributed by atoms with Gasteiger partial charge in [0.2, 0.25) is 0 Å². The van der Waals surface area contributed by atoms with Crippen LogP contribution in [0.3, 0.4) is 0 Å². The Bertz CT molecular complexity index is 551. The number of hydrogen-bond donors (Lipinski definition) is 0. The molecule has 2 aromatic rings. The minimum Gasteiger partial charge on any atom is -0.286 e. The summed E-state index contributed by atoms with van der Waals surface area (Å²) in [6.07, 6.45) is 0. The molecule has 3 heteroatoms. The zero-order chi connectivity index (χ0) is 11.7. The summed E-state index contributed by atoms with van der Waals surface area (Å²) in [6.45, 7) is 0.570. The summed E-state index contributed by atoms with van der Waals surface area (Å²) in [5.41, 5.74) is 2.75. The van der Waals surface area contributed by atoms with E-state index in [1.165, 1.54) is 0 Å². The normalized spacial score (nSPS) is 13.4. The fourth-order valence-corrected chi connectivity index (χ4v) is 1.97. The summed E-state index contributed by atoms with van der Waals surface area (Å²) < 4.78 is 0. The van der Waals surface area contributed by atoms with Crippen molar-refractivity contribution >= 4 is 17.4 Å². The summed E-state index contributed by atoms with van der Waals surface area (Å²) in [5, 5.41) is 4.02. The topological polar surface area (TPSA) is 34.4 Å². The molecule has 2 amide bonds. The van der Waals surface area contributed by atoms with E-state index >= 15 is 0 Å². The molecule has 0 saturated carbocycles. The van der Waals surface area contributed by atoms with Crippen LogP contribution < -0.4 is 10.2 Å². The Kier molecular flexibility index (Phi) is 2.29. The van der Waals surface area contributed by atoms with E-state index in [2.05, 4.69) is 5.32 Å². The van der Waals surface area contributed by atoms with Crippen LogP contribution >= 0.6 is 0 Å². The van der Waals surface area contributed by atoms with Crippen molar-refractivity contribution in [2.45, 2.75) is 6.54 Å². The number of nitrogens with zero attached hydrogens (tertiary/aromatic N) is 2. The van der Waals surface area contributed by atoms with Crippen molar-refractivity contribution in [3.8, 4) is 0 Å². The van der Waals surface area contributed by atoms with E-state index in [-0.39, 0.29) is 6.03 Å². The minimum atomic E-state index is -0.185. The van der Waals surface area contributed by atoms with Crippen LogP contribution in [0.2, 0.25) is 0 Å². The van der Waals surface area contributed by atoms with Gasteiger partial charge in [0, 0.05) is 0 Å². The lowest BCUT2D eigenvalue weighted by Gasteiger charge is -2.15. The van der Waals surface area contributed by atoms with Gasteiger partial charge in [0.1, 0.15) is 0 Å². The highest BCUT2D eigenvalue weighted by Crippen LogP contribution is 2.33. The van der Waals surface area contributed by atoms with Crippen LogP contribution in [0.15, 0.2) is 54.6 Å². The van der Waals surface area contributed by atoms with Crippen LogP contribution in [0.25, 0.3) is 0 Å². The van der Waals surface area contributed by atoms with Crippen molar-refractivity contribution in [2.75, 3.05) is 4.90 Å². The molecule has 0 N–H and O–H groups in total. The Hall–Kier alpha value is -2.29. The van der Waals surface area contributed by atoms with Gasteiger partial charge in [-0.25, -0.2) is 4.79 Å². The van der Waals surface area contributed by atoms with Gasteiger partial charge in [-0.15, -0.1) is 0 Å². The lowest BCUT2D eigenvalue weighted by Crippen LogP contribution is -2.27. The SMILES string of the molecule is O=C1[N]c2ccccc2N1Cc1ccccc1. The van der Waals surface area contributed by atoms with Gasteiger partial charge in [-0.2, -0.15) is 5.32 Å². The molecule has 1 aliphatic heterocycles. The number of anilines is 1. The van der Waals surface area contributed by atoms with Crippen LogP contribution in [0.1, 0.15) is 5.56 Å². The number of carbonyl (C=O) groups is 1. The Morgan fingerprint density at radius 1 is 0.941 bits per heavy atom. The second-order valence-electron chi connectivity index (χ2n) is 3.95. The maximum Gasteiger partial charge on any atom is 0.349 e. The summed E-state index contributed by atoms with van der Waals surface area (Å²) in [5.74, 6) is 0. The van der Waals surface area contributed by atoms with Gasteiger partial charge in [-0.3, -0.25) is 4.90 Å². The van der Waals surface area contributed by atoms with Gasteiger partial charge in [0.25, 0.3) is 0 Å². The zero-order valence-electron chi connectivity index (χ0n) is 9.21. The Morgan fingerprint density at radius 3 is 2.47 bits per heavy atom. The molecule has 0 saturated heterocycles. The molecule has 17 heavy (non-hydrogen) atoms. The Morgan fingerprint density at radius 2 is 1.65 bits per heavy atom. The van der Waals surface area contributed by atoms with E-state index < -0.39 is 0 Å². The van der Waals surface area contributed by atoms with Crippen molar-refractivity contribution in [1.29, 1.82) is 0 Å². The number of fused-ring (bicyclic) bond motifs is 1. The average molecular weight is 223 g/mol. The number of hydrogen-bond acceptors (Lipinski definition) is 1. The molecule has 1 radical (unpaired) electrons. The van der Waals surface area contributed by atoms with Crippen molar-refractivity contribution in [3.05, 3.63) is 60.2 Å². The molecule has 3 rings (SSSR count). The second-order valence-corrected chi connectivity index (χ2v) is 3.95. The first-order valence-corrected chi connectivity index (χ1v) is 5.51. The van der Waals surface area contributed by atoms with E-state index in [4.69, 9.17) is 0 Å². The van der Waals surface area contributed by atoms with E-state index in [0.29, 0.717) is 6.54 Å². The van der Waals surface area contributed by atoms with E-state index in [9.17, 15) is 4.79 Å². The summed E-state index contributed by atoms with van der Waals surface area (Å²) in [7, 11) is 0. The molecule has 1 aliphatic rings. The van der Waals surface area contributed by atoms with Gasteiger partial charge in [0.05, 0.1) is 17.9 Å². The highest BCUT2D eigenvalue weighted by Gasteiger charge is 2.27. The first-order valence-electron chi connectivity index (χ1n) is 5.51. The third-order valence-electron chi connectivity index (χ3n) is 2.80. The van der Waals surface area contributed by atoms with Crippen LogP contribution in [-0.4, -0.2) is 6.03 Å². The van der Waals surface area contributed by atoms with Crippen LogP contribution in [0, 0.1) is 0 Å². The Balaban J connectivity index is 1.92. The van der Waals surface area contributed by atoms with Gasteiger partial charge >= 0.3 is 6.03 Å². The molecule has 83 valence electrons. The molecule has 3 nitrogen and oxygen atoms in total. The van der Waals surface area contributed by atoms with Crippen molar-refractivity contribution in [2.24, 2.45) is 0 Å². The molecule has 0 unspecified atom stereocenters. The molecule has 1 heterocycles. The summed E-state index contributed by atoms with van der Waals surface area (Å²) >= 11 is 0. The lowest BCUT2D eigenvalue weighted by atomic mass is 10.2. The zero-order valence-corrected chi connectivity index (χ0v) is 9.21. The molecule has 0 fully saturated rings. The first-order chi connectivity index (χ1) is 8.34. The average Bonchev–Trinajstić information content (AvgIpc) is 2.68. The summed E-state index contributed by atoms with van der Waals surface area (Å²) in [6, 6.07) is 17.3. The second kappa shape index (κ2) is 3.94. The number of para-hydroxylation sites is 2. The number of urea groups is 1. The van der Waals surface area contributed by atoms with Gasteiger partial charge in [-0.1, -0.05) is 42.5 Å². The van der Waals surface area contributed by atoms with Crippen LogP contribution in [0.5, 0.6) is 0 Å². The van der Waals surface area contributed by atoms with E-state index in [1.807, 2.05) is 54.6 Å². The fraction of sp³-hybridized carbons (Fsp3) is 0.0714. The number of rotatable bonds is 2. The number of benzene rings is 2. The predicted molar refractivity (Wildman–Crippen MR) is 66.3 cm³/mol. The van der Waals surface area contributed by atoms with Crippen LogP contribution in [0.4, 0.5) is 16.2 Å². The van der Waals surface area contributed by atoms with Crippen molar-refractivity contribution < 1.29 is 4.79 Å². The van der Waals surface area contributed by atoms with Gasteiger partial charge in [-0.05, 0) is 17.7 Å². The lowest BCUT2D eigenvalue weighted by molar-refractivity contribution is 0.250. The third-order valence-corrected chi connectivity index (χ3v) is 2.80. The monoisotopic (exact) mass is 223 g/mol. The van der Waals surface area contributed by atoms with E-state index in [0.717, 1.165) is 16.9 Å². The smallest absolute Gasteiger partial charge is 0.286 e. The highest BCUT2D eigenvalue weighted by molar-refractivity contribution is 6.03. The largest absolute Gasteiger partial charge is 0.349 e. The molecule has 0 aliphatic carbocycles. The molecule has 0 bridgehead atoms. The van der Waals surface area contributed by atoms with E-state index in [1.54, 1.807) is 4.90 Å². The Labute approximate surface area is 99.7 Å². The third kappa shape index (κ3) is 1.76. The highest BCUT2D eigenvalue weighted by atomic mass is 16.2. The minimum absolute atomic E-state index is 0.185. The molecule has 0 aromatic heterocycles. The molecule has 0 spiro atoms. The molecule has 2 aromatic carbocycles. The quantitative estimate of drug-likeness (QED) is 0.770. The van der Waals surface area contributed by atoms with Crippen molar-refractivity contribution in [1.82, 2.24) is 5.32 Å². The molecular formula is C14H11N2O. The predicted octanol–water partition coefficient (Wildman–Crippen LogP) is 3.06. The standard InChI is InChI=1S/C14H11N2O/c17-14-15-12-8-4-5-9-13(12)16(14)10-11-6-2-1-3-7-11/h1-9H,10H2. The van der Waals surface area contributed by atoms with Gasteiger partial charge in [0.15, 0.2) is 0 Å². The van der Waals surface area contributed by atoms with Gasteiger partial charge < -0.3 is 0 Å². The number of amides is 2. The molecular weight excluding hydrogens is 212 g/mol. The first kappa shape index (κ1) is 9.90. The summed E-state index contributed by atoms with van der Waals surface area (Å²) in [4.78, 5) is 13.5. The maximum atomic E-state index is 11.8. The molecule has 0 atom stereocenters. The van der Waals surface area contributed by atoms with Crippen molar-refractivity contribution in [3.63, 3.8) is 0 Å². The maximum absolute atomic E-state index is 11.8. The van der Waals surface area contributed by atoms with Crippen LogP contribution in [-0.2, 0) is 6.54 Å². The fourth-order valence-electron chi connectivity index (χ4n) is 1.97.